The van der Waals surface area contributed by atoms with Crippen LogP contribution in [0, 0.1) is 0 Å². The first-order valence-electron chi connectivity index (χ1n) is 10.5. The number of nitrogens with one attached hydrogen (secondary N) is 2. The molecule has 0 bridgehead atoms. The first-order chi connectivity index (χ1) is 16.1. The third-order valence-electron chi connectivity index (χ3n) is 5.08. The first kappa shape index (κ1) is 23.4. The zero-order valence-corrected chi connectivity index (χ0v) is 19.9. The largest absolute Gasteiger partial charge is 0.379 e. The highest BCUT2D eigenvalue weighted by Crippen LogP contribution is 2.27. The van der Waals surface area contributed by atoms with Gasteiger partial charge in [-0.05, 0) is 24.0 Å². The van der Waals surface area contributed by atoms with Crippen molar-refractivity contribution in [3.8, 4) is 10.6 Å². The molecule has 1 aliphatic rings. The summed E-state index contributed by atoms with van der Waals surface area (Å²) in [4.78, 5) is 27.6. The number of carbonyl (C=O) groups excluding carboxylic acids is 2. The van der Waals surface area contributed by atoms with Gasteiger partial charge in [-0.3, -0.25) is 19.8 Å². The van der Waals surface area contributed by atoms with Crippen molar-refractivity contribution in [1.82, 2.24) is 15.1 Å². The molecule has 1 aromatic heterocycles. The molecule has 2 N–H and O–H groups in total. The summed E-state index contributed by atoms with van der Waals surface area (Å²) in [7, 11) is 0. The zero-order chi connectivity index (χ0) is 23.0. The molecule has 1 fully saturated rings. The van der Waals surface area contributed by atoms with Gasteiger partial charge in [-0.25, -0.2) is 0 Å². The molecule has 0 unspecified atom stereocenters. The average Bonchev–Trinajstić information content (AvgIpc) is 3.30. The van der Waals surface area contributed by atoms with Crippen LogP contribution in [-0.2, 0) is 15.3 Å². The zero-order valence-electron chi connectivity index (χ0n) is 18.2. The maximum atomic E-state index is 12.9. The number of anilines is 2. The summed E-state index contributed by atoms with van der Waals surface area (Å²) in [5.41, 5.74) is 3.01. The smallest absolute Gasteiger partial charge is 0.257 e. The summed E-state index contributed by atoms with van der Waals surface area (Å²) in [6.07, 6.45) is 2.00. The van der Waals surface area contributed by atoms with Gasteiger partial charge in [-0.1, -0.05) is 47.7 Å². The van der Waals surface area contributed by atoms with E-state index in [9.17, 15) is 9.59 Å². The molecule has 0 aliphatic carbocycles. The fourth-order valence-electron chi connectivity index (χ4n) is 3.41. The number of hydrogen-bond acceptors (Lipinski definition) is 8. The SMILES string of the molecule is CSCc1ccc(C(=O)Nc2nnc(-c3ccccc3)s2)cc1NC(=O)CN1CCOCC1. The summed E-state index contributed by atoms with van der Waals surface area (Å²) in [5.74, 6) is 0.324. The van der Waals surface area contributed by atoms with E-state index in [1.54, 1.807) is 23.9 Å². The predicted octanol–water partition coefficient (Wildman–Crippen LogP) is 3.59. The van der Waals surface area contributed by atoms with Gasteiger partial charge in [0.25, 0.3) is 5.91 Å². The molecule has 0 radical (unpaired) electrons. The Morgan fingerprint density at radius 3 is 2.64 bits per heavy atom. The van der Waals surface area contributed by atoms with Gasteiger partial charge in [0.1, 0.15) is 5.01 Å². The van der Waals surface area contributed by atoms with E-state index in [2.05, 4.69) is 25.7 Å². The molecular formula is C23H25N5O3S2. The lowest BCUT2D eigenvalue weighted by Crippen LogP contribution is -2.41. The second-order valence-corrected chi connectivity index (χ2v) is 9.32. The van der Waals surface area contributed by atoms with E-state index in [0.717, 1.165) is 35.0 Å². The summed E-state index contributed by atoms with van der Waals surface area (Å²) >= 11 is 2.97. The highest BCUT2D eigenvalue weighted by atomic mass is 32.2. The van der Waals surface area contributed by atoms with E-state index in [4.69, 9.17) is 4.74 Å². The van der Waals surface area contributed by atoms with Crippen LogP contribution in [0.15, 0.2) is 48.5 Å². The van der Waals surface area contributed by atoms with Gasteiger partial charge >= 0.3 is 0 Å². The summed E-state index contributed by atoms with van der Waals surface area (Å²) in [6.45, 7) is 3.04. The summed E-state index contributed by atoms with van der Waals surface area (Å²) < 4.78 is 5.34. The number of nitrogens with zero attached hydrogens (tertiary/aromatic N) is 3. The molecular weight excluding hydrogens is 458 g/mol. The van der Waals surface area contributed by atoms with Gasteiger partial charge in [-0.15, -0.1) is 10.2 Å². The van der Waals surface area contributed by atoms with Crippen molar-refractivity contribution in [2.75, 3.05) is 49.7 Å². The monoisotopic (exact) mass is 483 g/mol. The minimum absolute atomic E-state index is 0.103. The molecule has 0 saturated carbocycles. The molecule has 1 saturated heterocycles. The van der Waals surface area contributed by atoms with Crippen molar-refractivity contribution in [2.24, 2.45) is 0 Å². The van der Waals surface area contributed by atoms with Gasteiger partial charge in [0.15, 0.2) is 0 Å². The lowest BCUT2D eigenvalue weighted by molar-refractivity contribution is -0.118. The maximum Gasteiger partial charge on any atom is 0.257 e. The Kier molecular flexibility index (Phi) is 8.05. The maximum absolute atomic E-state index is 12.9. The van der Waals surface area contributed by atoms with E-state index in [0.29, 0.717) is 36.1 Å². The van der Waals surface area contributed by atoms with Crippen LogP contribution < -0.4 is 10.6 Å². The number of morpholine rings is 1. The van der Waals surface area contributed by atoms with Gasteiger partial charge in [0.2, 0.25) is 11.0 Å². The molecule has 8 nitrogen and oxygen atoms in total. The Hall–Kier alpha value is -2.79. The van der Waals surface area contributed by atoms with Crippen molar-refractivity contribution < 1.29 is 14.3 Å². The van der Waals surface area contributed by atoms with Crippen molar-refractivity contribution in [2.45, 2.75) is 5.75 Å². The molecule has 3 aromatic rings. The Morgan fingerprint density at radius 1 is 1.09 bits per heavy atom. The standard InChI is InChI=1S/C23H25N5O3S2/c1-32-15-18-8-7-17(13-19(18)24-20(29)14-28-9-11-31-12-10-28)21(30)25-23-27-26-22(33-23)16-5-3-2-4-6-16/h2-8,13H,9-12,14-15H2,1H3,(H,24,29)(H,25,27,30). The van der Waals surface area contributed by atoms with E-state index < -0.39 is 0 Å². The van der Waals surface area contributed by atoms with E-state index >= 15 is 0 Å². The lowest BCUT2D eigenvalue weighted by atomic mass is 10.1. The second-order valence-electron chi connectivity index (χ2n) is 7.47. The molecule has 10 heteroatoms. The number of rotatable bonds is 8. The highest BCUT2D eigenvalue weighted by Gasteiger charge is 2.17. The Balaban J connectivity index is 1.45. The van der Waals surface area contributed by atoms with Crippen LogP contribution in [0.5, 0.6) is 0 Å². The number of benzene rings is 2. The van der Waals surface area contributed by atoms with Crippen molar-refractivity contribution >= 4 is 45.7 Å². The fraction of sp³-hybridized carbons (Fsp3) is 0.304. The molecule has 4 rings (SSSR count). The van der Waals surface area contributed by atoms with Gasteiger partial charge in [0.05, 0.1) is 19.8 Å². The average molecular weight is 484 g/mol. The van der Waals surface area contributed by atoms with E-state index in [-0.39, 0.29) is 11.8 Å². The van der Waals surface area contributed by atoms with Crippen LogP contribution >= 0.6 is 23.1 Å². The number of carbonyl (C=O) groups is 2. The molecule has 2 heterocycles. The summed E-state index contributed by atoms with van der Waals surface area (Å²) in [6, 6.07) is 15.1. The molecule has 0 spiro atoms. The van der Waals surface area contributed by atoms with Gasteiger partial charge in [-0.2, -0.15) is 11.8 Å². The normalized spacial score (nSPS) is 14.1. The third-order valence-corrected chi connectivity index (χ3v) is 6.57. The fourth-order valence-corrected chi connectivity index (χ4v) is 4.71. The van der Waals surface area contributed by atoms with Crippen LogP contribution in [0.25, 0.3) is 10.6 Å². The number of amides is 2. The van der Waals surface area contributed by atoms with E-state index in [1.807, 2.05) is 42.7 Å². The molecule has 2 aromatic carbocycles. The number of aromatic nitrogens is 2. The predicted molar refractivity (Wildman–Crippen MR) is 133 cm³/mol. The molecule has 0 atom stereocenters. The minimum atomic E-state index is -0.301. The summed E-state index contributed by atoms with van der Waals surface area (Å²) in [5, 5.41) is 15.2. The minimum Gasteiger partial charge on any atom is -0.379 e. The molecule has 1 aliphatic heterocycles. The topological polar surface area (TPSA) is 96.4 Å². The number of thioether (sulfide) groups is 1. The van der Waals surface area contributed by atoms with Crippen LogP contribution in [0.4, 0.5) is 10.8 Å². The van der Waals surface area contributed by atoms with Crippen LogP contribution in [-0.4, -0.2) is 66.0 Å². The molecule has 33 heavy (non-hydrogen) atoms. The third kappa shape index (κ3) is 6.38. The quantitative estimate of drug-likeness (QED) is 0.505. The van der Waals surface area contributed by atoms with Gasteiger partial charge in [0, 0.05) is 35.7 Å². The highest BCUT2D eigenvalue weighted by molar-refractivity contribution is 7.97. The first-order valence-corrected chi connectivity index (χ1v) is 12.8. The van der Waals surface area contributed by atoms with E-state index in [1.165, 1.54) is 11.3 Å². The Labute approximate surface area is 200 Å². The molecule has 2 amide bonds. The van der Waals surface area contributed by atoms with Crippen molar-refractivity contribution in [3.63, 3.8) is 0 Å². The van der Waals surface area contributed by atoms with Crippen LogP contribution in [0.2, 0.25) is 0 Å². The number of hydrogen-bond donors (Lipinski definition) is 2. The van der Waals surface area contributed by atoms with Gasteiger partial charge < -0.3 is 10.1 Å². The number of ether oxygens (including phenoxy) is 1. The molecule has 172 valence electrons. The van der Waals surface area contributed by atoms with Crippen LogP contribution in [0.1, 0.15) is 15.9 Å². The van der Waals surface area contributed by atoms with Crippen molar-refractivity contribution in [3.05, 3.63) is 59.7 Å². The Bertz CT molecular complexity index is 1100. The van der Waals surface area contributed by atoms with Crippen molar-refractivity contribution in [1.29, 1.82) is 0 Å². The lowest BCUT2D eigenvalue weighted by Gasteiger charge is -2.26. The second kappa shape index (κ2) is 11.4. The van der Waals surface area contributed by atoms with Crippen LogP contribution in [0.3, 0.4) is 0 Å². The Morgan fingerprint density at radius 2 is 1.88 bits per heavy atom.